The summed E-state index contributed by atoms with van der Waals surface area (Å²) in [6.45, 7) is 1.75. The molecule has 10 heteroatoms. The van der Waals surface area contributed by atoms with Crippen molar-refractivity contribution in [2.24, 2.45) is 5.92 Å². The Balaban J connectivity index is 1.40. The standard InChI is InChI=1S/C29H22ClN3O4S2/c1-16-7-13-19(14-8-16)31-21(34)15-32-28-25(39-29(32)37)22(17-9-11-18(30)12-10-17)23-24(38-28)27(36)33(26(23)35)20-5-3-2-4-6-20/h2-14,22-24H,15H2,1H3,(H,31,34). The minimum absolute atomic E-state index is 0.208. The van der Waals surface area contributed by atoms with E-state index < -0.39 is 17.1 Å². The molecule has 7 nitrogen and oxygen atoms in total. The third-order valence-corrected chi connectivity index (χ3v) is 9.79. The van der Waals surface area contributed by atoms with E-state index in [0.717, 1.165) is 22.5 Å². The number of rotatable bonds is 5. The maximum absolute atomic E-state index is 13.8. The molecule has 6 rings (SSSR count). The first-order chi connectivity index (χ1) is 18.8. The van der Waals surface area contributed by atoms with Gasteiger partial charge in [-0.05, 0) is 48.9 Å². The molecule has 3 heterocycles. The second-order valence-electron chi connectivity index (χ2n) is 9.48. The van der Waals surface area contributed by atoms with Crippen molar-refractivity contribution in [2.75, 3.05) is 10.2 Å². The third kappa shape index (κ3) is 4.60. The average molecular weight is 576 g/mol. The average Bonchev–Trinajstić information content (AvgIpc) is 3.37. The molecule has 0 saturated carbocycles. The lowest BCUT2D eigenvalue weighted by atomic mass is 9.83. The Morgan fingerprint density at radius 3 is 2.31 bits per heavy atom. The zero-order valence-corrected chi connectivity index (χ0v) is 23.1. The van der Waals surface area contributed by atoms with Gasteiger partial charge >= 0.3 is 4.87 Å². The van der Waals surface area contributed by atoms with Crippen LogP contribution in [-0.4, -0.2) is 27.5 Å². The van der Waals surface area contributed by atoms with Crippen molar-refractivity contribution in [3.05, 3.63) is 110 Å². The Morgan fingerprint density at radius 2 is 1.62 bits per heavy atom. The van der Waals surface area contributed by atoms with Crippen molar-refractivity contribution in [1.82, 2.24) is 4.57 Å². The number of para-hydroxylation sites is 1. The maximum Gasteiger partial charge on any atom is 0.308 e. The quantitative estimate of drug-likeness (QED) is 0.326. The Morgan fingerprint density at radius 1 is 0.923 bits per heavy atom. The van der Waals surface area contributed by atoms with Crippen LogP contribution in [0.15, 0.2) is 88.7 Å². The van der Waals surface area contributed by atoms with Crippen molar-refractivity contribution in [3.8, 4) is 0 Å². The largest absolute Gasteiger partial charge is 0.325 e. The molecule has 2 aliphatic heterocycles. The van der Waals surface area contributed by atoms with Gasteiger partial charge in [0.25, 0.3) is 0 Å². The number of hydrogen-bond acceptors (Lipinski definition) is 6. The Labute approximate surface area is 237 Å². The Hall–Kier alpha value is -3.66. The summed E-state index contributed by atoms with van der Waals surface area (Å²) in [5.41, 5.74) is 2.99. The summed E-state index contributed by atoms with van der Waals surface area (Å²) in [7, 11) is 0. The molecule has 2 aliphatic rings. The zero-order valence-electron chi connectivity index (χ0n) is 20.7. The lowest BCUT2D eigenvalue weighted by molar-refractivity contribution is -0.122. The second-order valence-corrected chi connectivity index (χ2v) is 12.0. The first-order valence-electron chi connectivity index (χ1n) is 12.3. The van der Waals surface area contributed by atoms with E-state index >= 15 is 0 Å². The molecule has 3 amide bonds. The molecule has 3 unspecified atom stereocenters. The summed E-state index contributed by atoms with van der Waals surface area (Å²) in [6, 6.07) is 23.4. The van der Waals surface area contributed by atoms with Gasteiger partial charge in [-0.1, -0.05) is 82.7 Å². The minimum atomic E-state index is -0.744. The number of fused-ring (bicyclic) bond motifs is 2. The van der Waals surface area contributed by atoms with Crippen molar-refractivity contribution in [2.45, 2.75) is 29.7 Å². The van der Waals surface area contributed by atoms with Crippen molar-refractivity contribution in [1.29, 1.82) is 0 Å². The number of amides is 3. The van der Waals surface area contributed by atoms with Crippen LogP contribution in [0.3, 0.4) is 0 Å². The lowest BCUT2D eigenvalue weighted by Gasteiger charge is -2.30. The van der Waals surface area contributed by atoms with Crippen molar-refractivity contribution < 1.29 is 14.4 Å². The van der Waals surface area contributed by atoms with Crippen LogP contribution in [-0.2, 0) is 20.9 Å². The minimum Gasteiger partial charge on any atom is -0.325 e. The van der Waals surface area contributed by atoms with Gasteiger partial charge in [0.15, 0.2) is 0 Å². The van der Waals surface area contributed by atoms with Crippen LogP contribution in [0.5, 0.6) is 0 Å². The SMILES string of the molecule is Cc1ccc(NC(=O)Cn2c3c(sc2=O)C(c2ccc(Cl)cc2)C2C(=O)N(c4ccccc4)C(=O)C2S3)cc1. The molecule has 0 bridgehead atoms. The summed E-state index contributed by atoms with van der Waals surface area (Å²) in [6.07, 6.45) is 0. The van der Waals surface area contributed by atoms with Gasteiger partial charge in [-0.15, -0.1) is 0 Å². The van der Waals surface area contributed by atoms with Crippen LogP contribution in [0.1, 0.15) is 21.9 Å². The normalized spacial score (nSPS) is 20.1. The Bertz CT molecular complexity index is 1650. The molecule has 196 valence electrons. The van der Waals surface area contributed by atoms with Gasteiger partial charge in [0.1, 0.15) is 11.8 Å². The summed E-state index contributed by atoms with van der Waals surface area (Å²) >= 11 is 8.36. The number of hydrogen-bond donors (Lipinski definition) is 1. The summed E-state index contributed by atoms with van der Waals surface area (Å²) < 4.78 is 1.41. The van der Waals surface area contributed by atoms with Gasteiger partial charge in [-0.25, -0.2) is 4.90 Å². The van der Waals surface area contributed by atoms with Crippen LogP contribution in [0.4, 0.5) is 11.4 Å². The van der Waals surface area contributed by atoms with E-state index in [4.69, 9.17) is 11.6 Å². The molecule has 1 fully saturated rings. The van der Waals surface area contributed by atoms with Crippen molar-refractivity contribution >= 4 is 63.8 Å². The number of aryl methyl sites for hydroxylation is 1. The molecule has 1 aromatic heterocycles. The number of carbonyl (C=O) groups excluding carboxylic acids is 3. The number of benzene rings is 3. The predicted octanol–water partition coefficient (Wildman–Crippen LogP) is 5.31. The van der Waals surface area contributed by atoms with E-state index in [2.05, 4.69) is 5.32 Å². The summed E-state index contributed by atoms with van der Waals surface area (Å²) in [5, 5.41) is 3.17. The highest BCUT2D eigenvalue weighted by molar-refractivity contribution is 8.00. The van der Waals surface area contributed by atoms with Gasteiger partial charge in [0.05, 0.1) is 16.6 Å². The van der Waals surface area contributed by atoms with Gasteiger partial charge in [-0.3, -0.25) is 23.7 Å². The number of aromatic nitrogens is 1. The van der Waals surface area contributed by atoms with E-state index in [9.17, 15) is 19.2 Å². The number of thioether (sulfide) groups is 1. The van der Waals surface area contributed by atoms with Crippen molar-refractivity contribution in [3.63, 3.8) is 0 Å². The maximum atomic E-state index is 13.8. The highest BCUT2D eigenvalue weighted by atomic mass is 35.5. The lowest BCUT2D eigenvalue weighted by Crippen LogP contribution is -2.33. The van der Waals surface area contributed by atoms with E-state index in [1.54, 1.807) is 48.5 Å². The molecule has 39 heavy (non-hydrogen) atoms. The molecule has 3 atom stereocenters. The number of thiazole rings is 1. The van der Waals surface area contributed by atoms with E-state index in [0.29, 0.717) is 26.3 Å². The van der Waals surface area contributed by atoms with Crippen LogP contribution in [0.2, 0.25) is 5.02 Å². The molecule has 1 N–H and O–H groups in total. The molecule has 4 aromatic rings. The fourth-order valence-electron chi connectivity index (χ4n) is 5.10. The first-order valence-corrected chi connectivity index (χ1v) is 14.3. The van der Waals surface area contributed by atoms with E-state index in [1.165, 1.54) is 21.2 Å². The predicted molar refractivity (Wildman–Crippen MR) is 154 cm³/mol. The second kappa shape index (κ2) is 10.1. The van der Waals surface area contributed by atoms with Crippen LogP contribution >= 0.6 is 34.7 Å². The zero-order chi connectivity index (χ0) is 27.3. The molecule has 0 aliphatic carbocycles. The smallest absolute Gasteiger partial charge is 0.308 e. The van der Waals surface area contributed by atoms with Gasteiger partial charge in [0.2, 0.25) is 17.7 Å². The molecular formula is C29H22ClN3O4S2. The fraction of sp³-hybridized carbons (Fsp3) is 0.172. The molecule has 0 spiro atoms. The van der Waals surface area contributed by atoms with Gasteiger partial charge in [-0.2, -0.15) is 0 Å². The Kier molecular flexibility index (Phi) is 6.66. The number of carbonyl (C=O) groups is 3. The van der Waals surface area contributed by atoms with E-state index in [1.807, 2.05) is 37.3 Å². The molecule has 1 saturated heterocycles. The monoisotopic (exact) mass is 575 g/mol. The number of nitrogens with one attached hydrogen (secondary N) is 1. The van der Waals surface area contributed by atoms with Gasteiger partial charge in [0, 0.05) is 21.5 Å². The summed E-state index contributed by atoms with van der Waals surface area (Å²) in [5.74, 6) is -2.23. The number of anilines is 2. The fourth-order valence-corrected chi connectivity index (χ4v) is 8.00. The first kappa shape index (κ1) is 25.6. The number of imide groups is 1. The van der Waals surface area contributed by atoms with E-state index in [-0.39, 0.29) is 29.1 Å². The number of nitrogens with zero attached hydrogens (tertiary/aromatic N) is 2. The summed E-state index contributed by atoms with van der Waals surface area (Å²) in [4.78, 5) is 55.3. The molecule has 0 radical (unpaired) electrons. The topological polar surface area (TPSA) is 88.5 Å². The van der Waals surface area contributed by atoms with Crippen LogP contribution in [0, 0.1) is 12.8 Å². The third-order valence-electron chi connectivity index (χ3n) is 6.93. The highest BCUT2D eigenvalue weighted by Crippen LogP contribution is 2.53. The highest BCUT2D eigenvalue weighted by Gasteiger charge is 2.56. The van der Waals surface area contributed by atoms with Crippen LogP contribution < -0.4 is 15.1 Å². The van der Waals surface area contributed by atoms with Crippen LogP contribution in [0.25, 0.3) is 0 Å². The molecular weight excluding hydrogens is 554 g/mol. The van der Waals surface area contributed by atoms with Gasteiger partial charge < -0.3 is 5.32 Å². The number of halogens is 1. The molecule has 3 aromatic carbocycles.